The number of nitrogens with zero attached hydrogens (tertiary/aromatic N) is 1. The maximum absolute atomic E-state index is 12.0. The van der Waals surface area contributed by atoms with E-state index in [-0.39, 0.29) is 5.91 Å². The molecule has 17 heavy (non-hydrogen) atoms. The van der Waals surface area contributed by atoms with Crippen LogP contribution in [-0.4, -0.2) is 17.5 Å². The van der Waals surface area contributed by atoms with Crippen LogP contribution in [0.4, 0.5) is 5.13 Å². The Morgan fingerprint density at radius 3 is 3.24 bits per heavy atom. The molecule has 2 aromatic rings. The Hall–Kier alpha value is -1.24. The number of anilines is 1. The maximum Gasteiger partial charge on any atom is 0.267 e. The fourth-order valence-electron chi connectivity index (χ4n) is 1.70. The van der Waals surface area contributed by atoms with Gasteiger partial charge in [-0.25, -0.2) is 4.98 Å². The number of nitrogens with one attached hydrogen (secondary N) is 1. The highest BCUT2D eigenvalue weighted by Gasteiger charge is 2.17. The minimum atomic E-state index is -0.0839. The SMILES string of the molecule is O=C(Nc1nccs1)c1cc2c(s1)CCOC2. The molecule has 0 saturated heterocycles. The van der Waals surface area contributed by atoms with Gasteiger partial charge in [0, 0.05) is 22.9 Å². The molecule has 4 nitrogen and oxygen atoms in total. The van der Waals surface area contributed by atoms with Crippen LogP contribution in [0, 0.1) is 0 Å². The molecular weight excluding hydrogens is 256 g/mol. The van der Waals surface area contributed by atoms with E-state index in [9.17, 15) is 4.79 Å². The van der Waals surface area contributed by atoms with Gasteiger partial charge in [-0.15, -0.1) is 22.7 Å². The Balaban J connectivity index is 1.79. The fraction of sp³-hybridized carbons (Fsp3) is 0.273. The molecule has 0 atom stereocenters. The lowest BCUT2D eigenvalue weighted by Crippen LogP contribution is -2.09. The van der Waals surface area contributed by atoms with Crippen molar-refractivity contribution >= 4 is 33.7 Å². The van der Waals surface area contributed by atoms with E-state index in [1.807, 2.05) is 11.4 Å². The highest BCUT2D eigenvalue weighted by Crippen LogP contribution is 2.27. The molecule has 1 N–H and O–H groups in total. The monoisotopic (exact) mass is 266 g/mol. The molecule has 1 aliphatic rings. The van der Waals surface area contributed by atoms with E-state index in [0.29, 0.717) is 11.7 Å². The van der Waals surface area contributed by atoms with Crippen molar-refractivity contribution in [3.63, 3.8) is 0 Å². The predicted molar refractivity (Wildman–Crippen MR) is 67.7 cm³/mol. The topological polar surface area (TPSA) is 51.2 Å². The summed E-state index contributed by atoms with van der Waals surface area (Å²) in [4.78, 5) is 18.0. The lowest BCUT2D eigenvalue weighted by molar-refractivity contribution is 0.102. The van der Waals surface area contributed by atoms with Gasteiger partial charge in [0.15, 0.2) is 5.13 Å². The highest BCUT2D eigenvalue weighted by atomic mass is 32.1. The average Bonchev–Trinajstić information content (AvgIpc) is 2.96. The molecule has 3 heterocycles. The van der Waals surface area contributed by atoms with Crippen molar-refractivity contribution in [3.05, 3.63) is 33.0 Å². The number of hydrogen-bond donors (Lipinski definition) is 1. The number of amides is 1. The number of hydrogen-bond acceptors (Lipinski definition) is 5. The summed E-state index contributed by atoms with van der Waals surface area (Å²) < 4.78 is 5.36. The van der Waals surface area contributed by atoms with Gasteiger partial charge in [0.05, 0.1) is 18.1 Å². The number of rotatable bonds is 2. The molecule has 88 valence electrons. The molecular formula is C11H10N2O2S2. The largest absolute Gasteiger partial charge is 0.376 e. The lowest BCUT2D eigenvalue weighted by Gasteiger charge is -2.10. The molecule has 6 heteroatoms. The van der Waals surface area contributed by atoms with Crippen LogP contribution >= 0.6 is 22.7 Å². The molecule has 0 unspecified atom stereocenters. The molecule has 0 saturated carbocycles. The van der Waals surface area contributed by atoms with Crippen LogP contribution in [0.3, 0.4) is 0 Å². The van der Waals surface area contributed by atoms with Crippen LogP contribution in [0.1, 0.15) is 20.1 Å². The number of ether oxygens (including phenoxy) is 1. The number of thiazole rings is 1. The van der Waals surface area contributed by atoms with Crippen molar-refractivity contribution in [2.24, 2.45) is 0 Å². The Bertz CT molecular complexity index is 510. The standard InChI is InChI=1S/C11H10N2O2S2/c14-10(13-11-12-2-4-16-11)9-5-7-6-15-3-1-8(7)17-9/h2,4-5H,1,3,6H2,(H,12,13,14). The van der Waals surface area contributed by atoms with Crippen molar-refractivity contribution < 1.29 is 9.53 Å². The summed E-state index contributed by atoms with van der Waals surface area (Å²) in [7, 11) is 0. The molecule has 1 amide bonds. The molecule has 2 aromatic heterocycles. The zero-order valence-corrected chi connectivity index (χ0v) is 10.6. The third-order valence-corrected chi connectivity index (χ3v) is 4.43. The van der Waals surface area contributed by atoms with E-state index in [2.05, 4.69) is 10.3 Å². The molecule has 0 fully saturated rings. The van der Waals surface area contributed by atoms with Gasteiger partial charge in [-0.2, -0.15) is 0 Å². The molecule has 0 aromatic carbocycles. The van der Waals surface area contributed by atoms with Crippen LogP contribution in [-0.2, 0) is 17.8 Å². The van der Waals surface area contributed by atoms with Crippen molar-refractivity contribution in [2.75, 3.05) is 11.9 Å². The van der Waals surface area contributed by atoms with Crippen molar-refractivity contribution in [1.29, 1.82) is 0 Å². The Morgan fingerprint density at radius 1 is 1.53 bits per heavy atom. The third-order valence-electron chi connectivity index (χ3n) is 2.50. The number of fused-ring (bicyclic) bond motifs is 1. The van der Waals surface area contributed by atoms with Crippen molar-refractivity contribution in [3.8, 4) is 0 Å². The quantitative estimate of drug-likeness (QED) is 0.908. The number of carbonyl (C=O) groups is 1. The van der Waals surface area contributed by atoms with E-state index in [0.717, 1.165) is 23.5 Å². The zero-order chi connectivity index (χ0) is 11.7. The van der Waals surface area contributed by atoms with Crippen molar-refractivity contribution in [1.82, 2.24) is 4.98 Å². The van der Waals surface area contributed by atoms with Gasteiger partial charge in [0.2, 0.25) is 0 Å². The number of aromatic nitrogens is 1. The summed E-state index contributed by atoms with van der Waals surface area (Å²) in [5.41, 5.74) is 1.14. The smallest absolute Gasteiger partial charge is 0.267 e. The molecule has 0 radical (unpaired) electrons. The van der Waals surface area contributed by atoms with Crippen LogP contribution in [0.25, 0.3) is 0 Å². The highest BCUT2D eigenvalue weighted by molar-refractivity contribution is 7.15. The minimum Gasteiger partial charge on any atom is -0.376 e. The zero-order valence-electron chi connectivity index (χ0n) is 8.93. The minimum absolute atomic E-state index is 0.0839. The first-order valence-electron chi connectivity index (χ1n) is 5.23. The first-order chi connectivity index (χ1) is 8.33. The summed E-state index contributed by atoms with van der Waals surface area (Å²) in [5, 5.41) is 5.26. The van der Waals surface area contributed by atoms with Gasteiger partial charge in [-0.3, -0.25) is 10.1 Å². The summed E-state index contributed by atoms with van der Waals surface area (Å²) in [6, 6.07) is 1.92. The van der Waals surface area contributed by atoms with E-state index < -0.39 is 0 Å². The number of thiophene rings is 1. The first kappa shape index (κ1) is 10.9. The second kappa shape index (κ2) is 4.56. The molecule has 1 aliphatic heterocycles. The first-order valence-corrected chi connectivity index (χ1v) is 6.93. The Kier molecular flexibility index (Phi) is 2.92. The van der Waals surface area contributed by atoms with E-state index in [1.165, 1.54) is 16.2 Å². The Morgan fingerprint density at radius 2 is 2.47 bits per heavy atom. The van der Waals surface area contributed by atoms with Gasteiger partial charge in [-0.1, -0.05) is 0 Å². The summed E-state index contributed by atoms with van der Waals surface area (Å²) in [6.07, 6.45) is 2.58. The van der Waals surface area contributed by atoms with Crippen LogP contribution in [0.15, 0.2) is 17.6 Å². The summed E-state index contributed by atoms with van der Waals surface area (Å²) in [6.45, 7) is 1.37. The second-order valence-corrected chi connectivity index (χ2v) is 5.68. The van der Waals surface area contributed by atoms with Crippen LogP contribution in [0.2, 0.25) is 0 Å². The van der Waals surface area contributed by atoms with E-state index in [4.69, 9.17) is 4.74 Å². The molecule has 0 bridgehead atoms. The maximum atomic E-state index is 12.0. The van der Waals surface area contributed by atoms with E-state index in [1.54, 1.807) is 17.5 Å². The summed E-state index contributed by atoms with van der Waals surface area (Å²) in [5.74, 6) is -0.0839. The lowest BCUT2D eigenvalue weighted by atomic mass is 10.2. The van der Waals surface area contributed by atoms with Crippen LogP contribution < -0.4 is 5.32 Å². The summed E-state index contributed by atoms with van der Waals surface area (Å²) >= 11 is 2.97. The number of carbonyl (C=O) groups excluding carboxylic acids is 1. The molecule has 0 spiro atoms. The average molecular weight is 266 g/mol. The predicted octanol–water partition coefficient (Wildman–Crippen LogP) is 2.53. The van der Waals surface area contributed by atoms with Gasteiger partial charge < -0.3 is 4.74 Å². The Labute approximate surface area is 106 Å². The van der Waals surface area contributed by atoms with Gasteiger partial charge in [0.1, 0.15) is 0 Å². The second-order valence-electron chi connectivity index (χ2n) is 3.65. The van der Waals surface area contributed by atoms with Gasteiger partial charge in [0.25, 0.3) is 5.91 Å². The normalized spacial score (nSPS) is 14.4. The fourth-order valence-corrected chi connectivity index (χ4v) is 3.27. The molecule has 0 aliphatic carbocycles. The van der Waals surface area contributed by atoms with Gasteiger partial charge >= 0.3 is 0 Å². The third kappa shape index (κ3) is 2.24. The molecule has 3 rings (SSSR count). The van der Waals surface area contributed by atoms with Crippen LogP contribution in [0.5, 0.6) is 0 Å². The van der Waals surface area contributed by atoms with Gasteiger partial charge in [-0.05, 0) is 11.6 Å². The van der Waals surface area contributed by atoms with Crippen molar-refractivity contribution in [2.45, 2.75) is 13.0 Å². The van der Waals surface area contributed by atoms with E-state index >= 15 is 0 Å².